The van der Waals surface area contributed by atoms with Crippen LogP contribution in [0.15, 0.2) is 57.6 Å². The van der Waals surface area contributed by atoms with Gasteiger partial charge in [-0.15, -0.1) is 0 Å². The molecule has 1 aliphatic heterocycles. The van der Waals surface area contributed by atoms with E-state index in [-0.39, 0.29) is 5.70 Å². The summed E-state index contributed by atoms with van der Waals surface area (Å²) < 4.78 is 13.1. The first-order valence-corrected chi connectivity index (χ1v) is 10.0. The molecule has 4 nitrogen and oxygen atoms in total. The summed E-state index contributed by atoms with van der Waals surface area (Å²) in [6.07, 6.45) is 1.71. The highest BCUT2D eigenvalue weighted by atomic mass is 127. The predicted molar refractivity (Wildman–Crippen MR) is 114 cm³/mol. The number of ether oxygens (including phenoxy) is 2. The number of carbonyl (C=O) groups excluding carboxylic acids is 1. The van der Waals surface area contributed by atoms with Gasteiger partial charge in [-0.1, -0.05) is 26.0 Å². The maximum Gasteiger partial charge on any atom is 0.363 e. The zero-order valence-corrected chi connectivity index (χ0v) is 18.1. The van der Waals surface area contributed by atoms with Gasteiger partial charge in [-0.25, -0.2) is 9.79 Å². The molecular formula is C20H17BrINO3. The highest BCUT2D eigenvalue weighted by Crippen LogP contribution is 2.25. The van der Waals surface area contributed by atoms with Gasteiger partial charge in [0.15, 0.2) is 5.70 Å². The molecule has 0 fully saturated rings. The number of hydrogen-bond donors (Lipinski definition) is 0. The topological polar surface area (TPSA) is 47.9 Å². The van der Waals surface area contributed by atoms with Crippen molar-refractivity contribution in [3.05, 3.63) is 67.3 Å². The lowest BCUT2D eigenvalue weighted by molar-refractivity contribution is -0.129. The fourth-order valence-electron chi connectivity index (χ4n) is 2.28. The van der Waals surface area contributed by atoms with Crippen molar-refractivity contribution >= 4 is 56.5 Å². The Bertz CT molecular complexity index is 906. The molecule has 0 aliphatic carbocycles. The molecule has 2 aromatic carbocycles. The molecule has 0 aromatic heterocycles. The third kappa shape index (κ3) is 4.73. The van der Waals surface area contributed by atoms with Crippen LogP contribution >= 0.6 is 38.5 Å². The normalized spacial score (nSPS) is 15.3. The molecule has 0 bridgehead atoms. The monoisotopic (exact) mass is 525 g/mol. The molecule has 0 atom stereocenters. The molecule has 134 valence electrons. The molecule has 0 radical (unpaired) electrons. The molecule has 6 heteroatoms. The van der Waals surface area contributed by atoms with Gasteiger partial charge in [-0.3, -0.25) is 0 Å². The summed E-state index contributed by atoms with van der Waals surface area (Å²) in [6.45, 7) is 4.84. The standard InChI is InChI=1S/C20H17BrINO3/c1-12(2)11-25-15-5-3-4-13(8-15)9-18-20(24)26-19(23-18)14-6-7-17(22)16(21)10-14/h3-10,12H,11H2,1-2H3/b18-9-. The van der Waals surface area contributed by atoms with Gasteiger partial charge in [0, 0.05) is 13.6 Å². The van der Waals surface area contributed by atoms with Crippen LogP contribution in [0.4, 0.5) is 0 Å². The first-order valence-electron chi connectivity index (χ1n) is 8.13. The summed E-state index contributed by atoms with van der Waals surface area (Å²) in [5.74, 6) is 1.07. The van der Waals surface area contributed by atoms with Crippen molar-refractivity contribution in [1.29, 1.82) is 0 Å². The predicted octanol–water partition coefficient (Wildman–Crippen LogP) is 5.43. The Balaban J connectivity index is 1.84. The van der Waals surface area contributed by atoms with Crippen LogP contribution in [0.1, 0.15) is 25.0 Å². The lowest BCUT2D eigenvalue weighted by atomic mass is 10.2. The van der Waals surface area contributed by atoms with Gasteiger partial charge in [0.25, 0.3) is 0 Å². The van der Waals surface area contributed by atoms with Crippen molar-refractivity contribution in [3.8, 4) is 5.75 Å². The summed E-state index contributed by atoms with van der Waals surface area (Å²) in [7, 11) is 0. The minimum atomic E-state index is -0.455. The second-order valence-electron chi connectivity index (χ2n) is 6.24. The summed E-state index contributed by atoms with van der Waals surface area (Å²) in [6, 6.07) is 13.3. The van der Waals surface area contributed by atoms with Crippen molar-refractivity contribution in [2.75, 3.05) is 6.61 Å². The van der Waals surface area contributed by atoms with Gasteiger partial charge in [-0.2, -0.15) is 0 Å². The lowest BCUT2D eigenvalue weighted by Gasteiger charge is -2.08. The summed E-state index contributed by atoms with van der Waals surface area (Å²) in [5.41, 5.74) is 1.87. The summed E-state index contributed by atoms with van der Waals surface area (Å²) in [5, 5.41) is 0. The number of aliphatic imine (C=N–C) groups is 1. The van der Waals surface area contributed by atoms with Crippen LogP contribution in [-0.2, 0) is 9.53 Å². The Kier molecular flexibility index (Phi) is 6.13. The van der Waals surface area contributed by atoms with Crippen molar-refractivity contribution in [2.24, 2.45) is 10.9 Å². The van der Waals surface area contributed by atoms with Crippen LogP contribution in [0.25, 0.3) is 6.08 Å². The van der Waals surface area contributed by atoms with E-state index in [1.54, 1.807) is 6.08 Å². The maximum absolute atomic E-state index is 12.2. The zero-order chi connectivity index (χ0) is 18.7. The quantitative estimate of drug-likeness (QED) is 0.297. The number of esters is 1. The van der Waals surface area contributed by atoms with E-state index in [0.717, 1.165) is 24.9 Å². The molecule has 3 rings (SSSR count). The minimum absolute atomic E-state index is 0.274. The zero-order valence-electron chi connectivity index (χ0n) is 14.3. The van der Waals surface area contributed by atoms with Crippen LogP contribution in [0.3, 0.4) is 0 Å². The van der Waals surface area contributed by atoms with Crippen LogP contribution in [0.5, 0.6) is 5.75 Å². The van der Waals surface area contributed by atoms with Crippen LogP contribution in [0.2, 0.25) is 0 Å². The summed E-state index contributed by atoms with van der Waals surface area (Å²) >= 11 is 5.70. The molecule has 0 saturated carbocycles. The first kappa shape index (κ1) is 19.1. The number of rotatable bonds is 5. The van der Waals surface area contributed by atoms with E-state index in [0.29, 0.717) is 18.4 Å². The first-order chi connectivity index (χ1) is 12.4. The lowest BCUT2D eigenvalue weighted by Crippen LogP contribution is -2.05. The molecule has 0 unspecified atom stereocenters. The molecular weight excluding hydrogens is 509 g/mol. The third-order valence-electron chi connectivity index (χ3n) is 3.53. The molecule has 0 saturated heterocycles. The number of halogens is 2. The van der Waals surface area contributed by atoms with Gasteiger partial charge >= 0.3 is 5.97 Å². The number of cyclic esters (lactones) is 1. The fraction of sp³-hybridized carbons (Fsp3) is 0.200. The van der Waals surface area contributed by atoms with Gasteiger partial charge in [-0.05, 0) is 86.4 Å². The smallest absolute Gasteiger partial charge is 0.363 e. The minimum Gasteiger partial charge on any atom is -0.493 e. The molecule has 2 aromatic rings. The molecule has 1 aliphatic rings. The SMILES string of the molecule is CC(C)COc1cccc(/C=C2\N=C(c3ccc(I)c(Br)c3)OC2=O)c1. The highest BCUT2D eigenvalue weighted by Gasteiger charge is 2.24. The van der Waals surface area contributed by atoms with E-state index in [2.05, 4.69) is 57.4 Å². The Hall–Kier alpha value is -1.67. The van der Waals surface area contributed by atoms with Gasteiger partial charge < -0.3 is 9.47 Å². The van der Waals surface area contributed by atoms with Crippen molar-refractivity contribution in [2.45, 2.75) is 13.8 Å². The average Bonchev–Trinajstić information content (AvgIpc) is 2.96. The fourth-order valence-corrected chi connectivity index (χ4v) is 2.99. The third-order valence-corrected chi connectivity index (χ3v) is 5.87. The number of carbonyl (C=O) groups is 1. The Labute approximate surface area is 174 Å². The van der Waals surface area contributed by atoms with Gasteiger partial charge in [0.05, 0.1) is 6.61 Å². The average molecular weight is 526 g/mol. The molecule has 0 N–H and O–H groups in total. The molecule has 0 amide bonds. The van der Waals surface area contributed by atoms with Crippen LogP contribution < -0.4 is 4.74 Å². The van der Waals surface area contributed by atoms with Gasteiger partial charge in [0.2, 0.25) is 5.90 Å². The van der Waals surface area contributed by atoms with E-state index in [9.17, 15) is 4.79 Å². The second kappa shape index (κ2) is 8.35. The number of nitrogens with zero attached hydrogens (tertiary/aromatic N) is 1. The number of hydrogen-bond acceptors (Lipinski definition) is 4. The molecule has 1 heterocycles. The van der Waals surface area contributed by atoms with E-state index in [4.69, 9.17) is 9.47 Å². The highest BCUT2D eigenvalue weighted by molar-refractivity contribution is 14.1. The van der Waals surface area contributed by atoms with Crippen molar-refractivity contribution < 1.29 is 14.3 Å². The van der Waals surface area contributed by atoms with Crippen molar-refractivity contribution in [1.82, 2.24) is 0 Å². The van der Waals surface area contributed by atoms with Crippen molar-refractivity contribution in [3.63, 3.8) is 0 Å². The largest absolute Gasteiger partial charge is 0.493 e. The number of benzene rings is 2. The summed E-state index contributed by atoms with van der Waals surface area (Å²) in [4.78, 5) is 16.5. The van der Waals surface area contributed by atoms with Crippen LogP contribution in [-0.4, -0.2) is 18.5 Å². The van der Waals surface area contributed by atoms with E-state index in [1.165, 1.54) is 0 Å². The maximum atomic E-state index is 12.2. The Morgan fingerprint density at radius 3 is 2.81 bits per heavy atom. The van der Waals surface area contributed by atoms with Gasteiger partial charge in [0.1, 0.15) is 5.75 Å². The second-order valence-corrected chi connectivity index (χ2v) is 8.26. The van der Waals surface area contributed by atoms with E-state index in [1.807, 2.05) is 42.5 Å². The molecule has 0 spiro atoms. The Morgan fingerprint density at radius 2 is 2.08 bits per heavy atom. The van der Waals surface area contributed by atoms with E-state index >= 15 is 0 Å². The molecule has 26 heavy (non-hydrogen) atoms. The van der Waals surface area contributed by atoms with Crippen LogP contribution in [0, 0.1) is 9.49 Å². The Morgan fingerprint density at radius 1 is 1.27 bits per heavy atom. The van der Waals surface area contributed by atoms with E-state index < -0.39 is 5.97 Å².